The summed E-state index contributed by atoms with van der Waals surface area (Å²) in [5.41, 5.74) is 1.46. The number of anilines is 3. The summed E-state index contributed by atoms with van der Waals surface area (Å²) in [5, 5.41) is 6.25. The Morgan fingerprint density at radius 2 is 1.92 bits per heavy atom. The van der Waals surface area contributed by atoms with E-state index in [9.17, 15) is 14.0 Å². The van der Waals surface area contributed by atoms with Gasteiger partial charge in [-0.3, -0.25) is 14.2 Å². The molecule has 5 rings (SSSR count). The summed E-state index contributed by atoms with van der Waals surface area (Å²) in [4.78, 5) is 26.8. The van der Waals surface area contributed by atoms with E-state index < -0.39 is 17.3 Å². The molecule has 1 aliphatic heterocycles. The first-order valence-corrected chi connectivity index (χ1v) is 13.6. The highest BCUT2D eigenvalue weighted by Crippen LogP contribution is 2.40. The minimum atomic E-state index is -0.504. The molecule has 0 atom stereocenters. The number of nitrogens with one attached hydrogen (secondary N) is 3. The number of aryl methyl sites for hydroxylation is 1. The van der Waals surface area contributed by atoms with Crippen molar-refractivity contribution in [1.29, 1.82) is 0 Å². The molecule has 1 aliphatic carbocycles. The van der Waals surface area contributed by atoms with E-state index in [1.807, 2.05) is 6.07 Å². The van der Waals surface area contributed by atoms with Crippen molar-refractivity contribution in [2.24, 2.45) is 7.05 Å². The summed E-state index contributed by atoms with van der Waals surface area (Å²) in [6, 6.07) is 10.0. The van der Waals surface area contributed by atoms with Crippen molar-refractivity contribution in [2.75, 3.05) is 23.1 Å². The number of nitrogens with zero attached hydrogens (tertiary/aromatic N) is 2. The van der Waals surface area contributed by atoms with Gasteiger partial charge < -0.3 is 20.1 Å². The Kier molecular flexibility index (Phi) is 7.56. The van der Waals surface area contributed by atoms with Crippen molar-refractivity contribution in [1.82, 2.24) is 14.2 Å². The van der Waals surface area contributed by atoms with Gasteiger partial charge in [0.2, 0.25) is 0 Å². The molecule has 2 aliphatic rings. The molecule has 0 spiro atoms. The number of carbonyl (C=O) groups is 1. The molecule has 2 aromatic carbocycles. The fourth-order valence-corrected chi connectivity index (χ4v) is 5.11. The maximum atomic E-state index is 14.8. The lowest BCUT2D eigenvalue weighted by molar-refractivity contribution is 0.0948. The van der Waals surface area contributed by atoms with Crippen LogP contribution in [0.3, 0.4) is 0 Å². The molecular weight excluding hydrogens is 529 g/mol. The number of benzene rings is 2. The average molecular weight is 558 g/mol. The Morgan fingerprint density at radius 1 is 1.16 bits per heavy atom. The Hall–Kier alpha value is -3.21. The van der Waals surface area contributed by atoms with Crippen LogP contribution in [0.1, 0.15) is 40.7 Å². The first-order chi connectivity index (χ1) is 18.2. The Labute approximate surface area is 229 Å². The molecule has 11 heteroatoms. The number of hydrogen-bond donors (Lipinski definition) is 3. The summed E-state index contributed by atoms with van der Waals surface area (Å²) in [6.45, 7) is 5.37. The molecule has 8 nitrogen and oxygen atoms in total. The van der Waals surface area contributed by atoms with Gasteiger partial charge in [-0.1, -0.05) is 23.7 Å². The number of rotatable bonds is 9. The van der Waals surface area contributed by atoms with E-state index in [1.165, 1.54) is 29.8 Å². The van der Waals surface area contributed by atoms with Crippen molar-refractivity contribution in [2.45, 2.75) is 39.2 Å². The van der Waals surface area contributed by atoms with Crippen LogP contribution in [0, 0.1) is 19.7 Å². The molecule has 2 heterocycles. The second-order valence-electron chi connectivity index (χ2n) is 9.59. The zero-order valence-electron chi connectivity index (χ0n) is 21.4. The molecule has 200 valence electrons. The second-order valence-corrected chi connectivity index (χ2v) is 10.9. The maximum Gasteiger partial charge on any atom is 0.259 e. The number of halogens is 2. The van der Waals surface area contributed by atoms with Gasteiger partial charge in [-0.15, -0.1) is 0 Å². The molecule has 0 unspecified atom stereocenters. The first-order valence-electron chi connectivity index (χ1n) is 12.4. The molecule has 38 heavy (non-hydrogen) atoms. The van der Waals surface area contributed by atoms with Gasteiger partial charge in [0.1, 0.15) is 28.0 Å². The van der Waals surface area contributed by atoms with Crippen LogP contribution in [0.5, 0.6) is 11.5 Å². The molecule has 0 bridgehead atoms. The maximum absolute atomic E-state index is 14.8. The van der Waals surface area contributed by atoms with Gasteiger partial charge in [-0.05, 0) is 62.9 Å². The summed E-state index contributed by atoms with van der Waals surface area (Å²) >= 11 is 8.15. The zero-order chi connectivity index (χ0) is 27.0. The molecule has 1 saturated heterocycles. The van der Waals surface area contributed by atoms with E-state index in [0.717, 1.165) is 37.9 Å². The highest BCUT2D eigenvalue weighted by atomic mass is 35.5. The van der Waals surface area contributed by atoms with E-state index in [1.54, 1.807) is 38.1 Å². The average Bonchev–Trinajstić information content (AvgIpc) is 3.67. The van der Waals surface area contributed by atoms with Crippen LogP contribution < -0.4 is 25.7 Å². The Morgan fingerprint density at radius 3 is 2.58 bits per heavy atom. The molecule has 3 aromatic rings. The van der Waals surface area contributed by atoms with Crippen molar-refractivity contribution in [3.63, 3.8) is 0 Å². The van der Waals surface area contributed by atoms with Crippen LogP contribution in [0.15, 0.2) is 41.2 Å². The quantitative estimate of drug-likeness (QED) is 0.282. The van der Waals surface area contributed by atoms with Crippen molar-refractivity contribution in [3.05, 3.63) is 74.3 Å². The minimum absolute atomic E-state index is 0.0477. The Balaban J connectivity index is 1.57. The molecule has 3 N–H and O–H groups in total. The fourth-order valence-electron chi connectivity index (χ4n) is 4.00. The van der Waals surface area contributed by atoms with E-state index >= 15 is 0 Å². The standard InChI is InChI=1S/C27H29ClFN5O3S/c1-15-8-11-19(18(29)14-15)31-25-22(26(35)30-17-9-10-17)24(16(2)27(36)33(25)3)37-21-7-4-6-20(23(21)28)32-38-34-12-5-13-34/h4,6-8,11,14,17,31-32H,5,9-10,12-13H2,1-3H3,(H,30,35). The zero-order valence-corrected chi connectivity index (χ0v) is 22.9. The van der Waals surface area contributed by atoms with Crippen LogP contribution in [-0.2, 0) is 7.05 Å². The van der Waals surface area contributed by atoms with E-state index in [2.05, 4.69) is 19.7 Å². The van der Waals surface area contributed by atoms with Gasteiger partial charge in [0.25, 0.3) is 11.5 Å². The van der Waals surface area contributed by atoms with Crippen molar-refractivity contribution < 1.29 is 13.9 Å². The monoisotopic (exact) mass is 557 g/mol. The van der Waals surface area contributed by atoms with Gasteiger partial charge in [-0.2, -0.15) is 0 Å². The molecule has 2 fully saturated rings. The lowest BCUT2D eigenvalue weighted by atomic mass is 10.1. The predicted octanol–water partition coefficient (Wildman–Crippen LogP) is 5.90. The summed E-state index contributed by atoms with van der Waals surface area (Å²) in [7, 11) is 1.53. The van der Waals surface area contributed by atoms with Crippen molar-refractivity contribution in [3.8, 4) is 11.5 Å². The highest BCUT2D eigenvalue weighted by molar-refractivity contribution is 7.98. The van der Waals surface area contributed by atoms with Crippen LogP contribution in [0.25, 0.3) is 0 Å². The highest BCUT2D eigenvalue weighted by Gasteiger charge is 2.31. The number of amides is 1. The van der Waals surface area contributed by atoms with Gasteiger partial charge in [-0.25, -0.2) is 8.70 Å². The van der Waals surface area contributed by atoms with Crippen molar-refractivity contribution >= 4 is 46.8 Å². The normalized spacial score (nSPS) is 15.1. The molecule has 1 aromatic heterocycles. The third-order valence-corrected chi connectivity index (χ3v) is 7.88. The van der Waals surface area contributed by atoms with Gasteiger partial charge in [0, 0.05) is 38.3 Å². The van der Waals surface area contributed by atoms with Gasteiger partial charge in [0.05, 0.1) is 16.9 Å². The summed E-state index contributed by atoms with van der Waals surface area (Å²) < 4.78 is 27.7. The number of pyridine rings is 1. The number of aromatic nitrogens is 1. The second kappa shape index (κ2) is 10.9. The largest absolute Gasteiger partial charge is 0.454 e. The summed E-state index contributed by atoms with van der Waals surface area (Å²) in [5.74, 6) is -0.457. The SMILES string of the molecule is Cc1ccc(Nc2c(C(=O)NC3CC3)c(Oc3cccc(NSN4CCC4)c3Cl)c(C)c(=O)n2C)c(F)c1. The molecular formula is C27H29ClFN5O3S. The van der Waals surface area contributed by atoms with Crippen LogP contribution in [0.4, 0.5) is 21.6 Å². The fraction of sp³-hybridized carbons (Fsp3) is 0.333. The van der Waals surface area contributed by atoms with Crippen LogP contribution in [0.2, 0.25) is 5.02 Å². The first kappa shape index (κ1) is 26.4. The molecule has 1 saturated carbocycles. The topological polar surface area (TPSA) is 87.6 Å². The van der Waals surface area contributed by atoms with Gasteiger partial charge >= 0.3 is 0 Å². The third-order valence-electron chi connectivity index (χ3n) is 6.56. The number of carbonyl (C=O) groups excluding carboxylic acids is 1. The Bertz CT molecular complexity index is 1460. The lowest BCUT2D eigenvalue weighted by Gasteiger charge is -2.29. The van der Waals surface area contributed by atoms with Crippen LogP contribution >= 0.6 is 23.7 Å². The van der Waals surface area contributed by atoms with E-state index in [0.29, 0.717) is 10.7 Å². The van der Waals surface area contributed by atoms with E-state index in [-0.39, 0.29) is 40.2 Å². The van der Waals surface area contributed by atoms with Gasteiger partial charge in [0.15, 0.2) is 5.75 Å². The molecule has 1 amide bonds. The smallest absolute Gasteiger partial charge is 0.259 e. The predicted molar refractivity (Wildman–Crippen MR) is 150 cm³/mol. The number of hydrogen-bond acceptors (Lipinski definition) is 7. The molecule has 0 radical (unpaired) electrons. The summed E-state index contributed by atoms with van der Waals surface area (Å²) in [6.07, 6.45) is 2.90. The lowest BCUT2D eigenvalue weighted by Crippen LogP contribution is -2.32. The minimum Gasteiger partial charge on any atom is -0.454 e. The van der Waals surface area contributed by atoms with E-state index in [4.69, 9.17) is 16.3 Å². The van der Waals surface area contributed by atoms with Crippen LogP contribution in [-0.4, -0.2) is 33.9 Å². The number of ether oxygens (including phenoxy) is 1. The third kappa shape index (κ3) is 5.48.